The van der Waals surface area contributed by atoms with Gasteiger partial charge in [0.25, 0.3) is 5.91 Å². The van der Waals surface area contributed by atoms with Crippen LogP contribution in [0.1, 0.15) is 16.9 Å². The third-order valence-corrected chi connectivity index (χ3v) is 5.16. The van der Waals surface area contributed by atoms with Gasteiger partial charge in [-0.15, -0.1) is 0 Å². The van der Waals surface area contributed by atoms with Gasteiger partial charge in [-0.2, -0.15) is 0 Å². The van der Waals surface area contributed by atoms with Crippen LogP contribution in [0.5, 0.6) is 0 Å². The second kappa shape index (κ2) is 4.59. The van der Waals surface area contributed by atoms with Crippen LogP contribution in [-0.2, 0) is 9.84 Å². The van der Waals surface area contributed by atoms with Gasteiger partial charge >= 0.3 is 0 Å². The fraction of sp³-hybridized carbons (Fsp3) is 0.308. The van der Waals surface area contributed by atoms with Gasteiger partial charge in [0.1, 0.15) is 11.5 Å². The molecule has 7 heteroatoms. The molecule has 1 aliphatic rings. The van der Waals surface area contributed by atoms with Gasteiger partial charge in [-0.1, -0.05) is 0 Å². The van der Waals surface area contributed by atoms with Gasteiger partial charge in [0.15, 0.2) is 9.84 Å². The van der Waals surface area contributed by atoms with E-state index in [9.17, 15) is 17.6 Å². The van der Waals surface area contributed by atoms with Gasteiger partial charge in [-0.25, -0.2) is 12.8 Å². The van der Waals surface area contributed by atoms with Crippen LogP contribution < -0.4 is 5.32 Å². The minimum absolute atomic E-state index is 0.0202. The molecular formula is C13H13FN2O3S. The molecule has 1 atom stereocenters. The van der Waals surface area contributed by atoms with E-state index in [4.69, 9.17) is 0 Å². The van der Waals surface area contributed by atoms with Crippen molar-refractivity contribution in [1.29, 1.82) is 0 Å². The number of benzene rings is 1. The number of halogens is 1. The molecule has 0 bridgehead atoms. The molecule has 1 unspecified atom stereocenters. The number of sulfone groups is 1. The number of hydrogen-bond donors (Lipinski definition) is 2. The fourth-order valence-corrected chi connectivity index (χ4v) is 4.07. The van der Waals surface area contributed by atoms with Gasteiger partial charge < -0.3 is 10.3 Å². The second-order valence-corrected chi connectivity index (χ2v) is 7.22. The highest BCUT2D eigenvalue weighted by Gasteiger charge is 2.29. The molecule has 1 aromatic carbocycles. The molecule has 20 heavy (non-hydrogen) atoms. The predicted octanol–water partition coefficient (Wildman–Crippen LogP) is 1.22. The van der Waals surface area contributed by atoms with Crippen molar-refractivity contribution in [2.45, 2.75) is 12.5 Å². The van der Waals surface area contributed by atoms with E-state index in [1.165, 1.54) is 12.1 Å². The quantitative estimate of drug-likeness (QED) is 0.874. The standard InChI is InChI=1S/C13H13FN2O3S/c14-9-1-2-11-8(5-9)6-12(16-11)13(17)15-10-3-4-20(18,19)7-10/h1-2,5-6,10,16H,3-4,7H2,(H,15,17). The molecule has 2 aromatic rings. The van der Waals surface area contributed by atoms with Gasteiger partial charge in [-0.05, 0) is 30.7 Å². The molecule has 2 heterocycles. The lowest BCUT2D eigenvalue weighted by molar-refractivity contribution is 0.0937. The Labute approximate surface area is 115 Å². The summed E-state index contributed by atoms with van der Waals surface area (Å²) >= 11 is 0. The molecule has 1 aliphatic heterocycles. The summed E-state index contributed by atoms with van der Waals surface area (Å²) in [6.45, 7) is 0. The zero-order chi connectivity index (χ0) is 14.3. The number of hydrogen-bond acceptors (Lipinski definition) is 3. The van der Waals surface area contributed by atoms with Crippen LogP contribution >= 0.6 is 0 Å². The first-order chi connectivity index (χ1) is 9.43. The molecule has 5 nitrogen and oxygen atoms in total. The second-order valence-electron chi connectivity index (χ2n) is 4.99. The largest absolute Gasteiger partial charge is 0.351 e. The van der Waals surface area contributed by atoms with Crippen molar-refractivity contribution in [3.63, 3.8) is 0 Å². The van der Waals surface area contributed by atoms with Gasteiger partial charge in [0, 0.05) is 16.9 Å². The van der Waals surface area contributed by atoms with Gasteiger partial charge in [0.05, 0.1) is 11.5 Å². The molecule has 2 N–H and O–H groups in total. The lowest BCUT2D eigenvalue weighted by Crippen LogP contribution is -2.35. The van der Waals surface area contributed by atoms with Crippen LogP contribution in [-0.4, -0.2) is 36.9 Å². The summed E-state index contributed by atoms with van der Waals surface area (Å²) in [7, 11) is -3.03. The van der Waals surface area contributed by atoms with Crippen LogP contribution in [0.15, 0.2) is 24.3 Å². The van der Waals surface area contributed by atoms with E-state index in [1.54, 1.807) is 12.1 Å². The van der Waals surface area contributed by atoms with Crippen LogP contribution in [0.4, 0.5) is 4.39 Å². The average molecular weight is 296 g/mol. The Hall–Kier alpha value is -1.89. The average Bonchev–Trinajstić information content (AvgIpc) is 2.92. The van der Waals surface area contributed by atoms with Gasteiger partial charge in [-0.3, -0.25) is 4.79 Å². The van der Waals surface area contributed by atoms with Crippen molar-refractivity contribution >= 4 is 26.6 Å². The van der Waals surface area contributed by atoms with Crippen molar-refractivity contribution in [2.75, 3.05) is 11.5 Å². The molecule has 3 rings (SSSR count). The summed E-state index contributed by atoms with van der Waals surface area (Å²) in [5.41, 5.74) is 0.963. The number of aromatic amines is 1. The Balaban J connectivity index is 1.79. The molecular weight excluding hydrogens is 283 g/mol. The van der Waals surface area contributed by atoms with E-state index in [2.05, 4.69) is 10.3 Å². The summed E-state index contributed by atoms with van der Waals surface area (Å²) < 4.78 is 35.8. The molecule has 0 aliphatic carbocycles. The Bertz CT molecular complexity index is 782. The van der Waals surface area contributed by atoms with Crippen LogP contribution in [0.2, 0.25) is 0 Å². The lowest BCUT2D eigenvalue weighted by atomic mass is 10.2. The third kappa shape index (κ3) is 2.53. The van der Waals surface area contributed by atoms with Crippen molar-refractivity contribution in [3.8, 4) is 0 Å². The molecule has 106 valence electrons. The van der Waals surface area contributed by atoms with Crippen LogP contribution in [0.3, 0.4) is 0 Å². The topological polar surface area (TPSA) is 79.0 Å². The van der Waals surface area contributed by atoms with Crippen molar-refractivity contribution in [2.24, 2.45) is 0 Å². The smallest absolute Gasteiger partial charge is 0.267 e. The number of nitrogens with one attached hydrogen (secondary N) is 2. The number of H-pyrrole nitrogens is 1. The van der Waals surface area contributed by atoms with E-state index in [-0.39, 0.29) is 29.3 Å². The maximum atomic E-state index is 13.1. The highest BCUT2D eigenvalue weighted by atomic mass is 32.2. The summed E-state index contributed by atoms with van der Waals surface area (Å²) in [6, 6.07) is 5.40. The maximum Gasteiger partial charge on any atom is 0.267 e. The van der Waals surface area contributed by atoms with E-state index >= 15 is 0 Å². The highest BCUT2D eigenvalue weighted by Crippen LogP contribution is 2.17. The Kier molecular flexibility index (Phi) is 3.01. The predicted molar refractivity (Wildman–Crippen MR) is 72.8 cm³/mol. The SMILES string of the molecule is O=C(NC1CCS(=O)(=O)C1)c1cc2cc(F)ccc2[nH]1. The van der Waals surface area contributed by atoms with E-state index < -0.39 is 9.84 Å². The first-order valence-electron chi connectivity index (χ1n) is 6.22. The molecule has 0 radical (unpaired) electrons. The zero-order valence-electron chi connectivity index (χ0n) is 10.5. The molecule has 1 amide bonds. The third-order valence-electron chi connectivity index (χ3n) is 3.40. The first-order valence-corrected chi connectivity index (χ1v) is 8.05. The molecule has 0 spiro atoms. The van der Waals surface area contributed by atoms with Crippen molar-refractivity contribution < 1.29 is 17.6 Å². The number of carbonyl (C=O) groups excluding carboxylic acids is 1. The fourth-order valence-electron chi connectivity index (χ4n) is 2.40. The highest BCUT2D eigenvalue weighted by molar-refractivity contribution is 7.91. The Morgan fingerprint density at radius 3 is 2.85 bits per heavy atom. The monoisotopic (exact) mass is 296 g/mol. The number of aromatic nitrogens is 1. The summed E-state index contributed by atoms with van der Waals surface area (Å²) in [5.74, 6) is -0.655. The number of carbonyl (C=O) groups is 1. The van der Waals surface area contributed by atoms with Gasteiger partial charge in [0.2, 0.25) is 0 Å². The van der Waals surface area contributed by atoms with Crippen LogP contribution in [0, 0.1) is 5.82 Å². The number of rotatable bonds is 2. The minimum atomic E-state index is -3.03. The summed E-state index contributed by atoms with van der Waals surface area (Å²) in [4.78, 5) is 14.9. The van der Waals surface area contributed by atoms with Crippen molar-refractivity contribution in [1.82, 2.24) is 10.3 Å². The maximum absolute atomic E-state index is 13.1. The number of amides is 1. The Morgan fingerprint density at radius 2 is 2.15 bits per heavy atom. The molecule has 0 saturated carbocycles. The molecule has 1 fully saturated rings. The number of fused-ring (bicyclic) bond motifs is 1. The summed E-state index contributed by atoms with van der Waals surface area (Å²) in [5, 5.41) is 3.29. The lowest BCUT2D eigenvalue weighted by Gasteiger charge is -2.09. The van der Waals surface area contributed by atoms with E-state index in [1.807, 2.05) is 0 Å². The molecule has 1 saturated heterocycles. The minimum Gasteiger partial charge on any atom is -0.351 e. The van der Waals surface area contributed by atoms with Crippen LogP contribution in [0.25, 0.3) is 10.9 Å². The zero-order valence-corrected chi connectivity index (χ0v) is 11.3. The van der Waals surface area contributed by atoms with E-state index in [0.717, 1.165) is 0 Å². The molecule has 1 aromatic heterocycles. The first kappa shape index (κ1) is 13.1. The van der Waals surface area contributed by atoms with Crippen molar-refractivity contribution in [3.05, 3.63) is 35.8 Å². The summed E-state index contributed by atoms with van der Waals surface area (Å²) in [6.07, 6.45) is 0.433. The normalized spacial score (nSPS) is 21.1. The Morgan fingerprint density at radius 1 is 1.35 bits per heavy atom. The van der Waals surface area contributed by atoms with E-state index in [0.29, 0.717) is 23.0 Å².